The third-order valence-electron chi connectivity index (χ3n) is 3.56. The Labute approximate surface area is 177 Å². The maximum Gasteiger partial charge on any atom is 0.172 e. The molecule has 0 bridgehead atoms. The fourth-order valence-electron chi connectivity index (χ4n) is 2.54. The van der Waals surface area contributed by atoms with Gasteiger partial charge in [-0.2, -0.15) is 0 Å². The molecule has 0 radical (unpaired) electrons. The molecule has 6 nitrogen and oxygen atoms in total. The van der Waals surface area contributed by atoms with Gasteiger partial charge in [-0.15, -0.1) is 0 Å². The van der Waals surface area contributed by atoms with Crippen molar-refractivity contribution in [3.63, 3.8) is 0 Å². The number of hydrogen-bond donors (Lipinski definition) is 2. The minimum Gasteiger partial charge on any atom is -0.504 e. The maximum absolute atomic E-state index is 11.7. The van der Waals surface area contributed by atoms with Crippen LogP contribution in [0.1, 0.15) is 34.6 Å². The van der Waals surface area contributed by atoms with Gasteiger partial charge in [0.25, 0.3) is 0 Å². The molecule has 0 aliphatic carbocycles. The second-order valence-electron chi connectivity index (χ2n) is 5.10. The SMILES string of the molecule is CCOc1c(O)c(I)cc(C=O)c1-c1c(C=O)cc(I)c(O)c1OCC. The van der Waals surface area contributed by atoms with Crippen molar-refractivity contribution in [1.29, 1.82) is 0 Å². The standard InChI is InChI=1S/C18H16I2O6/c1-3-25-17-13(9(7-21)5-11(19)15(17)23)14-10(8-22)6-12(20)16(24)18(14)26-4-2/h5-8,23-24H,3-4H2,1-2H3. The zero-order valence-electron chi connectivity index (χ0n) is 14.0. The molecule has 2 aromatic carbocycles. The Bertz CT molecular complexity index is 792. The van der Waals surface area contributed by atoms with E-state index in [4.69, 9.17) is 9.47 Å². The maximum atomic E-state index is 11.7. The van der Waals surface area contributed by atoms with Gasteiger partial charge in [0.15, 0.2) is 35.6 Å². The molecule has 0 heterocycles. The molecule has 0 atom stereocenters. The molecular formula is C18H16I2O6. The van der Waals surface area contributed by atoms with Crippen LogP contribution in [-0.4, -0.2) is 36.0 Å². The smallest absolute Gasteiger partial charge is 0.172 e. The van der Waals surface area contributed by atoms with Crippen LogP contribution in [0.5, 0.6) is 23.0 Å². The highest BCUT2D eigenvalue weighted by Gasteiger charge is 2.27. The van der Waals surface area contributed by atoms with Gasteiger partial charge in [0.1, 0.15) is 0 Å². The van der Waals surface area contributed by atoms with E-state index in [-0.39, 0.29) is 58.5 Å². The topological polar surface area (TPSA) is 93.1 Å². The van der Waals surface area contributed by atoms with E-state index in [0.717, 1.165) is 0 Å². The monoisotopic (exact) mass is 582 g/mol. The summed E-state index contributed by atoms with van der Waals surface area (Å²) in [5.41, 5.74) is 0.828. The first-order valence-corrected chi connectivity index (χ1v) is 9.84. The average Bonchev–Trinajstić information content (AvgIpc) is 2.63. The van der Waals surface area contributed by atoms with Crippen LogP contribution in [0.3, 0.4) is 0 Å². The summed E-state index contributed by atoms with van der Waals surface area (Å²) in [6, 6.07) is 2.97. The number of hydrogen-bond acceptors (Lipinski definition) is 6. The average molecular weight is 582 g/mol. The molecule has 0 spiro atoms. The first-order valence-electron chi connectivity index (χ1n) is 7.68. The van der Waals surface area contributed by atoms with Gasteiger partial charge in [0.05, 0.1) is 20.4 Å². The Kier molecular flexibility index (Phi) is 7.09. The van der Waals surface area contributed by atoms with E-state index in [1.807, 2.05) is 45.2 Å². The molecular weight excluding hydrogens is 566 g/mol. The molecule has 2 rings (SSSR count). The highest BCUT2D eigenvalue weighted by Crippen LogP contribution is 2.50. The van der Waals surface area contributed by atoms with Gasteiger partial charge in [-0.1, -0.05) is 0 Å². The van der Waals surface area contributed by atoms with E-state index < -0.39 is 0 Å². The zero-order valence-corrected chi connectivity index (χ0v) is 18.3. The molecule has 2 N–H and O–H groups in total. The molecule has 0 amide bonds. The molecule has 8 heteroatoms. The van der Waals surface area contributed by atoms with E-state index in [1.165, 1.54) is 12.1 Å². The fraction of sp³-hybridized carbons (Fsp3) is 0.222. The van der Waals surface area contributed by atoms with Crippen LogP contribution < -0.4 is 9.47 Å². The highest BCUT2D eigenvalue weighted by molar-refractivity contribution is 14.1. The quantitative estimate of drug-likeness (QED) is 0.372. The van der Waals surface area contributed by atoms with Crippen LogP contribution in [0.4, 0.5) is 0 Å². The van der Waals surface area contributed by atoms with Gasteiger partial charge in [0, 0.05) is 22.3 Å². The van der Waals surface area contributed by atoms with Gasteiger partial charge in [-0.05, 0) is 71.2 Å². The lowest BCUT2D eigenvalue weighted by Crippen LogP contribution is -2.05. The van der Waals surface area contributed by atoms with Crippen molar-refractivity contribution in [3.8, 4) is 34.1 Å². The summed E-state index contributed by atoms with van der Waals surface area (Å²) in [4.78, 5) is 23.4. The van der Waals surface area contributed by atoms with Crippen LogP contribution >= 0.6 is 45.2 Å². The summed E-state index contributed by atoms with van der Waals surface area (Å²) in [6.45, 7) is 3.93. The number of phenols is 2. The number of ether oxygens (including phenoxy) is 2. The Morgan fingerprint density at radius 3 is 1.46 bits per heavy atom. The normalized spacial score (nSPS) is 10.5. The molecule has 0 aromatic heterocycles. The van der Waals surface area contributed by atoms with Crippen molar-refractivity contribution >= 4 is 57.8 Å². The number of rotatable bonds is 7. The molecule has 0 unspecified atom stereocenters. The van der Waals surface area contributed by atoms with Crippen LogP contribution in [0.25, 0.3) is 11.1 Å². The number of aromatic hydroxyl groups is 2. The first kappa shape index (κ1) is 20.7. The summed E-state index contributed by atoms with van der Waals surface area (Å²) in [5, 5.41) is 20.9. The van der Waals surface area contributed by atoms with E-state index in [9.17, 15) is 19.8 Å². The van der Waals surface area contributed by atoms with Gasteiger partial charge >= 0.3 is 0 Å². The molecule has 0 aliphatic rings. The number of phenolic OH excluding ortho intramolecular Hbond substituents is 2. The van der Waals surface area contributed by atoms with Gasteiger partial charge < -0.3 is 19.7 Å². The Hall–Kier alpha value is -1.56. The van der Waals surface area contributed by atoms with Crippen molar-refractivity contribution in [2.45, 2.75) is 13.8 Å². The van der Waals surface area contributed by atoms with Crippen molar-refractivity contribution in [2.24, 2.45) is 0 Å². The number of carbonyl (C=O) groups excluding carboxylic acids is 2. The third-order valence-corrected chi connectivity index (χ3v) is 5.20. The van der Waals surface area contributed by atoms with Gasteiger partial charge in [-0.25, -0.2) is 0 Å². The summed E-state index contributed by atoms with van der Waals surface area (Å²) >= 11 is 3.78. The number of benzene rings is 2. The van der Waals surface area contributed by atoms with E-state index in [1.54, 1.807) is 13.8 Å². The third kappa shape index (κ3) is 3.75. The predicted molar refractivity (Wildman–Crippen MR) is 114 cm³/mol. The zero-order chi connectivity index (χ0) is 19.4. The summed E-state index contributed by atoms with van der Waals surface area (Å²) in [7, 11) is 0. The minimum absolute atomic E-state index is 0.0613. The molecule has 0 aliphatic heterocycles. The van der Waals surface area contributed by atoms with Crippen LogP contribution in [-0.2, 0) is 0 Å². The minimum atomic E-state index is -0.148. The van der Waals surface area contributed by atoms with Crippen molar-refractivity contribution in [2.75, 3.05) is 13.2 Å². The molecule has 0 saturated carbocycles. The second-order valence-corrected chi connectivity index (χ2v) is 7.43. The van der Waals surface area contributed by atoms with Gasteiger partial charge in [0.2, 0.25) is 0 Å². The summed E-state index contributed by atoms with van der Waals surface area (Å²) < 4.78 is 12.0. The van der Waals surface area contributed by atoms with E-state index >= 15 is 0 Å². The Morgan fingerprint density at radius 1 is 0.846 bits per heavy atom. The van der Waals surface area contributed by atoms with Crippen LogP contribution in [0.2, 0.25) is 0 Å². The Balaban J connectivity index is 3.04. The van der Waals surface area contributed by atoms with E-state index in [2.05, 4.69) is 0 Å². The first-order chi connectivity index (χ1) is 12.4. The summed E-state index contributed by atoms with van der Waals surface area (Å²) in [5.74, 6) is -0.173. The van der Waals surface area contributed by atoms with Gasteiger partial charge in [-0.3, -0.25) is 9.59 Å². The second kappa shape index (κ2) is 8.89. The Morgan fingerprint density at radius 2 is 1.19 bits per heavy atom. The van der Waals surface area contributed by atoms with Crippen molar-refractivity contribution < 1.29 is 29.3 Å². The van der Waals surface area contributed by atoms with Crippen molar-refractivity contribution in [3.05, 3.63) is 30.4 Å². The predicted octanol–water partition coefficient (Wildman–Crippen LogP) is 4.40. The number of aldehydes is 2. The highest BCUT2D eigenvalue weighted by atomic mass is 127. The van der Waals surface area contributed by atoms with Crippen LogP contribution in [0.15, 0.2) is 12.1 Å². The largest absolute Gasteiger partial charge is 0.504 e. The van der Waals surface area contributed by atoms with E-state index in [0.29, 0.717) is 19.7 Å². The molecule has 0 fully saturated rings. The number of halogens is 2. The molecule has 2 aromatic rings. The lowest BCUT2D eigenvalue weighted by Gasteiger charge is -2.20. The lowest BCUT2D eigenvalue weighted by atomic mass is 9.93. The summed E-state index contributed by atoms with van der Waals surface area (Å²) in [6.07, 6.45) is 1.22. The molecule has 138 valence electrons. The van der Waals surface area contributed by atoms with Crippen molar-refractivity contribution in [1.82, 2.24) is 0 Å². The molecule has 26 heavy (non-hydrogen) atoms. The lowest BCUT2D eigenvalue weighted by molar-refractivity contribution is 0.111. The van der Waals surface area contributed by atoms with Crippen LogP contribution in [0, 0.1) is 7.14 Å². The number of carbonyl (C=O) groups is 2. The molecule has 0 saturated heterocycles. The fourth-order valence-corrected chi connectivity index (χ4v) is 3.70.